The molecule has 1 aliphatic heterocycles. The molecule has 24 heavy (non-hydrogen) atoms. The highest BCUT2D eigenvalue weighted by atomic mass is 16.2. The Balaban J connectivity index is 1.54. The monoisotopic (exact) mass is 316 g/mol. The van der Waals surface area contributed by atoms with Gasteiger partial charge in [-0.25, -0.2) is 4.98 Å². The molecule has 4 rings (SSSR count). The highest BCUT2D eigenvalue weighted by molar-refractivity contribution is 5.94. The third-order valence-corrected chi connectivity index (χ3v) is 4.51. The first-order chi connectivity index (χ1) is 11.7. The fraction of sp³-hybridized carbons (Fsp3) is 0.211. The molecule has 118 valence electrons. The minimum Gasteiger partial charge on any atom is -0.342 e. The smallest absolute Gasteiger partial charge is 0.253 e. The van der Waals surface area contributed by atoms with Crippen LogP contribution >= 0.6 is 0 Å². The van der Waals surface area contributed by atoms with Gasteiger partial charge in [-0.15, -0.1) is 0 Å². The number of nitrogens with one attached hydrogen (secondary N) is 1. The van der Waals surface area contributed by atoms with E-state index in [0.29, 0.717) is 12.1 Å². The first-order valence-electron chi connectivity index (χ1n) is 7.98. The average molecular weight is 316 g/mol. The molecule has 0 aliphatic carbocycles. The van der Waals surface area contributed by atoms with Gasteiger partial charge in [-0.3, -0.25) is 4.79 Å². The van der Waals surface area contributed by atoms with Gasteiger partial charge in [0.05, 0.1) is 22.7 Å². The lowest BCUT2D eigenvalue weighted by Gasteiger charge is -2.16. The van der Waals surface area contributed by atoms with Crippen LogP contribution < -0.4 is 0 Å². The Hall–Kier alpha value is -3.13. The van der Waals surface area contributed by atoms with Crippen LogP contribution in [0.4, 0.5) is 0 Å². The van der Waals surface area contributed by atoms with Crippen molar-refractivity contribution in [1.82, 2.24) is 14.9 Å². The second-order valence-electron chi connectivity index (χ2n) is 6.07. The molecule has 2 heterocycles. The van der Waals surface area contributed by atoms with Gasteiger partial charge < -0.3 is 9.88 Å². The number of hydrogen-bond acceptors (Lipinski definition) is 3. The highest BCUT2D eigenvalue weighted by Crippen LogP contribution is 2.28. The van der Waals surface area contributed by atoms with Crippen LogP contribution in [-0.2, 0) is 0 Å². The highest BCUT2D eigenvalue weighted by Gasteiger charge is 2.29. The van der Waals surface area contributed by atoms with Gasteiger partial charge in [0.15, 0.2) is 0 Å². The van der Waals surface area contributed by atoms with Crippen LogP contribution in [0.3, 0.4) is 0 Å². The van der Waals surface area contributed by atoms with Gasteiger partial charge in [-0.05, 0) is 36.8 Å². The van der Waals surface area contributed by atoms with Crippen molar-refractivity contribution in [3.63, 3.8) is 0 Å². The van der Waals surface area contributed by atoms with Crippen LogP contribution in [0.15, 0.2) is 48.5 Å². The van der Waals surface area contributed by atoms with Crippen molar-refractivity contribution in [2.24, 2.45) is 0 Å². The molecule has 2 aromatic carbocycles. The Kier molecular flexibility index (Phi) is 3.51. The summed E-state index contributed by atoms with van der Waals surface area (Å²) in [6.07, 6.45) is 0.892. The molecular weight excluding hydrogens is 300 g/mol. The topological polar surface area (TPSA) is 72.8 Å². The number of carbonyl (C=O) groups is 1. The van der Waals surface area contributed by atoms with Crippen molar-refractivity contribution >= 4 is 16.9 Å². The molecule has 5 heteroatoms. The van der Waals surface area contributed by atoms with Gasteiger partial charge in [0.2, 0.25) is 0 Å². The number of hydrogen-bond donors (Lipinski definition) is 1. The average Bonchev–Trinajstić information content (AvgIpc) is 3.27. The molecule has 1 aliphatic rings. The second-order valence-corrected chi connectivity index (χ2v) is 6.07. The van der Waals surface area contributed by atoms with Crippen molar-refractivity contribution in [3.05, 3.63) is 65.5 Å². The largest absolute Gasteiger partial charge is 0.342 e. The number of nitrogens with zero attached hydrogens (tertiary/aromatic N) is 3. The third kappa shape index (κ3) is 2.52. The Bertz CT molecular complexity index is 939. The zero-order valence-electron chi connectivity index (χ0n) is 13.1. The van der Waals surface area contributed by atoms with Gasteiger partial charge in [-0.1, -0.05) is 18.2 Å². The molecule has 0 radical (unpaired) electrons. The molecule has 1 aromatic heterocycles. The third-order valence-electron chi connectivity index (χ3n) is 4.51. The first-order valence-corrected chi connectivity index (χ1v) is 7.98. The standard InChI is InChI=1S/C19H16N4O/c20-11-13-6-7-16-17(10-13)22-18(21-16)15-8-9-23(12-15)19(24)14-4-2-1-3-5-14/h1-7,10,15H,8-9,12H2,(H,21,22). The normalized spacial score (nSPS) is 17.1. The second kappa shape index (κ2) is 5.82. The lowest BCUT2D eigenvalue weighted by Crippen LogP contribution is -2.28. The Morgan fingerprint density at radius 3 is 2.88 bits per heavy atom. The summed E-state index contributed by atoms with van der Waals surface area (Å²) in [5.74, 6) is 1.17. The Labute approximate surface area is 139 Å². The van der Waals surface area contributed by atoms with E-state index in [9.17, 15) is 4.79 Å². The van der Waals surface area contributed by atoms with Crippen molar-refractivity contribution in [1.29, 1.82) is 5.26 Å². The van der Waals surface area contributed by atoms with Crippen molar-refractivity contribution < 1.29 is 4.79 Å². The maximum absolute atomic E-state index is 12.5. The van der Waals surface area contributed by atoms with E-state index in [1.807, 2.05) is 47.4 Å². The van der Waals surface area contributed by atoms with Crippen molar-refractivity contribution in [2.45, 2.75) is 12.3 Å². The van der Waals surface area contributed by atoms with E-state index in [1.54, 1.807) is 6.07 Å². The van der Waals surface area contributed by atoms with E-state index in [0.717, 1.165) is 35.4 Å². The van der Waals surface area contributed by atoms with Gasteiger partial charge >= 0.3 is 0 Å². The van der Waals surface area contributed by atoms with Crippen LogP contribution in [0.1, 0.15) is 34.1 Å². The molecule has 1 unspecified atom stereocenters. The summed E-state index contributed by atoms with van der Waals surface area (Å²) < 4.78 is 0. The van der Waals surface area contributed by atoms with Crippen LogP contribution in [0.25, 0.3) is 11.0 Å². The number of benzene rings is 2. The minimum absolute atomic E-state index is 0.0703. The molecule has 1 amide bonds. The summed E-state index contributed by atoms with van der Waals surface area (Å²) in [7, 11) is 0. The molecule has 0 saturated carbocycles. The van der Waals surface area contributed by atoms with Crippen molar-refractivity contribution in [3.8, 4) is 6.07 Å². The van der Waals surface area contributed by atoms with Crippen molar-refractivity contribution in [2.75, 3.05) is 13.1 Å². The predicted molar refractivity (Wildman–Crippen MR) is 90.5 cm³/mol. The zero-order chi connectivity index (χ0) is 16.5. The number of fused-ring (bicyclic) bond motifs is 1. The predicted octanol–water partition coefficient (Wildman–Crippen LogP) is 3.06. The number of carbonyl (C=O) groups excluding carboxylic acids is 1. The van der Waals surface area contributed by atoms with E-state index < -0.39 is 0 Å². The maximum atomic E-state index is 12.5. The van der Waals surface area contributed by atoms with Crippen LogP contribution in [0.2, 0.25) is 0 Å². The molecule has 1 fully saturated rings. The fourth-order valence-electron chi connectivity index (χ4n) is 3.22. The molecule has 3 aromatic rings. The number of aromatic amines is 1. The zero-order valence-corrected chi connectivity index (χ0v) is 13.1. The van der Waals surface area contributed by atoms with E-state index in [-0.39, 0.29) is 11.8 Å². The van der Waals surface area contributed by atoms with Crippen LogP contribution in [0, 0.1) is 11.3 Å². The fourth-order valence-corrected chi connectivity index (χ4v) is 3.22. The summed E-state index contributed by atoms with van der Waals surface area (Å²) in [6, 6.07) is 16.9. The molecule has 0 bridgehead atoms. The molecule has 5 nitrogen and oxygen atoms in total. The van der Waals surface area contributed by atoms with E-state index in [2.05, 4.69) is 16.0 Å². The number of H-pyrrole nitrogens is 1. The Morgan fingerprint density at radius 2 is 2.08 bits per heavy atom. The lowest BCUT2D eigenvalue weighted by molar-refractivity contribution is 0.0790. The van der Waals surface area contributed by atoms with Gasteiger partial charge in [0.1, 0.15) is 5.82 Å². The van der Waals surface area contributed by atoms with E-state index in [4.69, 9.17) is 5.26 Å². The first kappa shape index (κ1) is 14.5. The summed E-state index contributed by atoms with van der Waals surface area (Å²) in [5, 5.41) is 8.99. The number of rotatable bonds is 2. The van der Waals surface area contributed by atoms with E-state index in [1.165, 1.54) is 0 Å². The van der Waals surface area contributed by atoms with Crippen LogP contribution in [0.5, 0.6) is 0 Å². The number of nitriles is 1. The summed E-state index contributed by atoms with van der Waals surface area (Å²) in [6.45, 7) is 1.40. The molecule has 1 saturated heterocycles. The maximum Gasteiger partial charge on any atom is 0.253 e. The molecule has 1 N–H and O–H groups in total. The van der Waals surface area contributed by atoms with E-state index >= 15 is 0 Å². The number of aromatic nitrogens is 2. The number of amides is 1. The van der Waals surface area contributed by atoms with Gasteiger partial charge in [0.25, 0.3) is 5.91 Å². The Morgan fingerprint density at radius 1 is 1.25 bits per heavy atom. The summed E-state index contributed by atoms with van der Waals surface area (Å²) >= 11 is 0. The molecule has 0 spiro atoms. The minimum atomic E-state index is 0.0703. The van der Waals surface area contributed by atoms with Gasteiger partial charge in [0, 0.05) is 24.6 Å². The summed E-state index contributed by atoms with van der Waals surface area (Å²) in [4.78, 5) is 22.4. The quantitative estimate of drug-likeness (QED) is 0.789. The summed E-state index contributed by atoms with van der Waals surface area (Å²) in [5.41, 5.74) is 3.07. The lowest BCUT2D eigenvalue weighted by atomic mass is 10.1. The SMILES string of the molecule is N#Cc1ccc2nc(C3CCN(C(=O)c4ccccc4)C3)[nH]c2c1. The van der Waals surface area contributed by atoms with Crippen LogP contribution in [-0.4, -0.2) is 33.9 Å². The molecular formula is C19H16N4O. The molecule has 1 atom stereocenters. The van der Waals surface area contributed by atoms with Gasteiger partial charge in [-0.2, -0.15) is 5.26 Å². The number of imidazole rings is 1. The number of likely N-dealkylation sites (tertiary alicyclic amines) is 1.